The van der Waals surface area contributed by atoms with Crippen LogP contribution >= 0.6 is 0 Å². The summed E-state index contributed by atoms with van der Waals surface area (Å²) in [6.07, 6.45) is 0.802. The zero-order chi connectivity index (χ0) is 14.3. The van der Waals surface area contributed by atoms with Gasteiger partial charge in [0.05, 0.1) is 18.8 Å². The molecule has 0 aliphatic rings. The van der Waals surface area contributed by atoms with E-state index in [4.69, 9.17) is 9.47 Å². The minimum Gasteiger partial charge on any atom is -0.466 e. The van der Waals surface area contributed by atoms with Gasteiger partial charge in [-0.05, 0) is 37.0 Å². The van der Waals surface area contributed by atoms with Gasteiger partial charge in [0.25, 0.3) is 0 Å². The minimum atomic E-state index is -0.304. The zero-order valence-corrected chi connectivity index (χ0v) is 11.6. The number of hydrogen-bond acceptors (Lipinski definition) is 4. The molecule has 19 heavy (non-hydrogen) atoms. The van der Waals surface area contributed by atoms with Gasteiger partial charge in [-0.15, -0.1) is 0 Å². The summed E-state index contributed by atoms with van der Waals surface area (Å²) in [7, 11) is 0. The van der Waals surface area contributed by atoms with Gasteiger partial charge in [0.1, 0.15) is 0 Å². The molecule has 0 fully saturated rings. The molecule has 1 aromatic rings. The lowest BCUT2D eigenvalue weighted by Crippen LogP contribution is -2.11. The van der Waals surface area contributed by atoms with Crippen molar-refractivity contribution in [1.29, 1.82) is 0 Å². The number of hydrogen-bond donors (Lipinski definition) is 0. The molecule has 0 aliphatic heterocycles. The van der Waals surface area contributed by atoms with E-state index in [2.05, 4.69) is 0 Å². The molecule has 1 aromatic carbocycles. The largest absolute Gasteiger partial charge is 0.466 e. The van der Waals surface area contributed by atoms with Crippen molar-refractivity contribution in [3.8, 4) is 0 Å². The number of rotatable bonds is 6. The first-order chi connectivity index (χ1) is 9.02. The molecule has 0 aliphatic carbocycles. The Balaban J connectivity index is 2.52. The summed E-state index contributed by atoms with van der Waals surface area (Å²) in [5.74, 6) is -0.316. The third-order valence-corrected chi connectivity index (χ3v) is 2.62. The van der Waals surface area contributed by atoms with E-state index >= 15 is 0 Å². The van der Waals surface area contributed by atoms with Crippen molar-refractivity contribution < 1.29 is 19.1 Å². The summed E-state index contributed by atoms with van der Waals surface area (Å²) in [5, 5.41) is 0. The molecule has 0 bridgehead atoms. The second-order valence-corrected chi connectivity index (χ2v) is 4.53. The number of benzene rings is 1. The van der Waals surface area contributed by atoms with Gasteiger partial charge < -0.3 is 9.47 Å². The van der Waals surface area contributed by atoms with Crippen LogP contribution in [0, 0.1) is 5.92 Å². The molecule has 0 spiro atoms. The Morgan fingerprint density at radius 3 is 2.32 bits per heavy atom. The third-order valence-electron chi connectivity index (χ3n) is 2.62. The van der Waals surface area contributed by atoms with Crippen molar-refractivity contribution in [1.82, 2.24) is 0 Å². The molecule has 0 aromatic heterocycles. The molecule has 1 unspecified atom stereocenters. The predicted molar refractivity (Wildman–Crippen MR) is 71.9 cm³/mol. The first-order valence-electron chi connectivity index (χ1n) is 6.42. The molecule has 0 radical (unpaired) electrons. The molecule has 4 heteroatoms. The fraction of sp³-hybridized carbons (Fsp3) is 0.467. The first-order valence-corrected chi connectivity index (χ1v) is 6.42. The van der Waals surface area contributed by atoms with Gasteiger partial charge in [-0.2, -0.15) is 0 Å². The summed E-state index contributed by atoms with van der Waals surface area (Å²) in [5.41, 5.74) is 1.66. The van der Waals surface area contributed by atoms with Crippen LogP contribution in [-0.2, 0) is 20.7 Å². The van der Waals surface area contributed by atoms with Crippen molar-refractivity contribution in [3.63, 3.8) is 0 Å². The second kappa shape index (κ2) is 7.56. The van der Waals surface area contributed by atoms with Gasteiger partial charge in [0.2, 0.25) is 0 Å². The summed E-state index contributed by atoms with van der Waals surface area (Å²) in [6, 6.07) is 7.31. The van der Waals surface area contributed by atoms with Crippen LogP contribution in [0.15, 0.2) is 24.3 Å². The van der Waals surface area contributed by atoms with E-state index < -0.39 is 0 Å². The number of esters is 2. The topological polar surface area (TPSA) is 52.6 Å². The second-order valence-electron chi connectivity index (χ2n) is 4.53. The number of carbonyl (C=O) groups excluding carboxylic acids is 2. The third kappa shape index (κ3) is 5.55. The summed E-state index contributed by atoms with van der Waals surface area (Å²) in [4.78, 5) is 22.2. The Bertz CT molecular complexity index is 422. The molecule has 0 N–H and O–H groups in total. The van der Waals surface area contributed by atoms with Crippen molar-refractivity contribution >= 4 is 11.9 Å². The Kier molecular flexibility index (Phi) is 6.06. The average molecular weight is 264 g/mol. The maximum atomic E-state index is 11.5. The quantitative estimate of drug-likeness (QED) is 0.741. The van der Waals surface area contributed by atoms with E-state index in [-0.39, 0.29) is 17.9 Å². The molecule has 1 rings (SSSR count). The normalized spacial score (nSPS) is 11.7. The van der Waals surface area contributed by atoms with Crippen molar-refractivity contribution in [2.45, 2.75) is 27.2 Å². The molecular formula is C15H20O4. The number of ether oxygens (including phenoxy) is 2. The molecule has 1 atom stereocenters. The Hall–Kier alpha value is -1.84. The Labute approximate surface area is 113 Å². The van der Waals surface area contributed by atoms with Gasteiger partial charge in [-0.3, -0.25) is 4.79 Å². The lowest BCUT2D eigenvalue weighted by atomic mass is 10.0. The van der Waals surface area contributed by atoms with Crippen LogP contribution in [0.4, 0.5) is 0 Å². The van der Waals surface area contributed by atoms with Gasteiger partial charge in [-0.25, -0.2) is 4.79 Å². The van der Waals surface area contributed by atoms with Crippen LogP contribution in [0.25, 0.3) is 0 Å². The van der Waals surface area contributed by atoms with E-state index in [1.807, 2.05) is 19.1 Å². The fourth-order valence-electron chi connectivity index (χ4n) is 1.71. The molecule has 0 heterocycles. The predicted octanol–water partition coefficient (Wildman–Crippen LogP) is 2.61. The van der Waals surface area contributed by atoms with E-state index in [9.17, 15) is 9.59 Å². The van der Waals surface area contributed by atoms with E-state index in [0.29, 0.717) is 18.8 Å². The summed E-state index contributed by atoms with van der Waals surface area (Å²) >= 11 is 0. The highest BCUT2D eigenvalue weighted by molar-refractivity contribution is 5.89. The molecule has 104 valence electrons. The van der Waals surface area contributed by atoms with E-state index in [0.717, 1.165) is 12.0 Å². The van der Waals surface area contributed by atoms with Crippen molar-refractivity contribution in [2.24, 2.45) is 5.92 Å². The highest BCUT2D eigenvalue weighted by Crippen LogP contribution is 2.11. The Morgan fingerprint density at radius 1 is 1.16 bits per heavy atom. The maximum Gasteiger partial charge on any atom is 0.338 e. The molecule has 0 amide bonds. The molecular weight excluding hydrogens is 244 g/mol. The molecule has 0 saturated carbocycles. The van der Waals surface area contributed by atoms with Crippen LogP contribution in [0.3, 0.4) is 0 Å². The summed E-state index contributed by atoms with van der Waals surface area (Å²) < 4.78 is 9.87. The fourth-order valence-corrected chi connectivity index (χ4v) is 1.71. The monoisotopic (exact) mass is 264 g/mol. The SMILES string of the molecule is CCOC(=O)c1ccc(CC(C)COC(C)=O)cc1. The van der Waals surface area contributed by atoms with Crippen LogP contribution in [-0.4, -0.2) is 25.2 Å². The summed E-state index contributed by atoms with van der Waals surface area (Å²) in [6.45, 7) is 5.99. The molecule has 0 saturated heterocycles. The van der Waals surface area contributed by atoms with Crippen molar-refractivity contribution in [3.05, 3.63) is 35.4 Å². The maximum absolute atomic E-state index is 11.5. The van der Waals surface area contributed by atoms with Gasteiger partial charge in [0, 0.05) is 6.92 Å². The number of carbonyl (C=O) groups is 2. The van der Waals surface area contributed by atoms with Gasteiger partial charge in [0.15, 0.2) is 0 Å². The zero-order valence-electron chi connectivity index (χ0n) is 11.6. The highest BCUT2D eigenvalue weighted by atomic mass is 16.5. The minimum absolute atomic E-state index is 0.248. The van der Waals surface area contributed by atoms with Gasteiger partial charge in [-0.1, -0.05) is 19.1 Å². The van der Waals surface area contributed by atoms with E-state index in [1.54, 1.807) is 19.1 Å². The lowest BCUT2D eigenvalue weighted by molar-refractivity contribution is -0.142. The van der Waals surface area contributed by atoms with Crippen molar-refractivity contribution in [2.75, 3.05) is 13.2 Å². The van der Waals surface area contributed by atoms with Crippen LogP contribution in [0.2, 0.25) is 0 Å². The van der Waals surface area contributed by atoms with Crippen LogP contribution in [0.1, 0.15) is 36.7 Å². The van der Waals surface area contributed by atoms with Gasteiger partial charge >= 0.3 is 11.9 Å². The smallest absolute Gasteiger partial charge is 0.338 e. The first kappa shape index (κ1) is 15.2. The highest BCUT2D eigenvalue weighted by Gasteiger charge is 2.08. The molecule has 4 nitrogen and oxygen atoms in total. The van der Waals surface area contributed by atoms with E-state index in [1.165, 1.54) is 6.92 Å². The van der Waals surface area contributed by atoms with Crippen LogP contribution in [0.5, 0.6) is 0 Å². The lowest BCUT2D eigenvalue weighted by Gasteiger charge is -2.11. The average Bonchev–Trinajstić information content (AvgIpc) is 2.37. The van der Waals surface area contributed by atoms with Crippen LogP contribution < -0.4 is 0 Å². The standard InChI is InChI=1S/C15H20O4/c1-4-18-15(17)14-7-5-13(6-8-14)9-11(2)10-19-12(3)16/h5-8,11H,4,9-10H2,1-3H3. The Morgan fingerprint density at radius 2 is 1.79 bits per heavy atom.